The van der Waals surface area contributed by atoms with Crippen LogP contribution in [-0.2, 0) is 0 Å². The van der Waals surface area contributed by atoms with Crippen LogP contribution >= 0.6 is 0 Å². The molecule has 32 heavy (non-hydrogen) atoms. The van der Waals surface area contributed by atoms with E-state index in [0.717, 1.165) is 5.56 Å². The Hall–Kier alpha value is -4.12. The van der Waals surface area contributed by atoms with Crippen molar-refractivity contribution in [3.63, 3.8) is 0 Å². The van der Waals surface area contributed by atoms with Crippen LogP contribution in [0.15, 0.2) is 83.3 Å². The molecule has 0 aliphatic carbocycles. The summed E-state index contributed by atoms with van der Waals surface area (Å²) in [7, 11) is 0. The van der Waals surface area contributed by atoms with Gasteiger partial charge in [-0.2, -0.15) is 0 Å². The van der Waals surface area contributed by atoms with E-state index < -0.39 is 5.97 Å². The largest absolute Gasteiger partial charge is 0.494 e. The third-order valence-electron chi connectivity index (χ3n) is 4.93. The first-order chi connectivity index (χ1) is 15.5. The maximum atomic E-state index is 12.9. The summed E-state index contributed by atoms with van der Waals surface area (Å²) >= 11 is 0. The third kappa shape index (κ3) is 4.62. The second-order valence-electron chi connectivity index (χ2n) is 7.15. The predicted molar refractivity (Wildman–Crippen MR) is 123 cm³/mol. The Labute approximate surface area is 185 Å². The van der Waals surface area contributed by atoms with Gasteiger partial charge in [0, 0.05) is 10.9 Å². The van der Waals surface area contributed by atoms with Crippen molar-refractivity contribution < 1.29 is 23.5 Å². The molecule has 1 heterocycles. The number of carbonyl (C=O) groups is 2. The summed E-state index contributed by atoms with van der Waals surface area (Å²) in [4.78, 5) is 25.3. The zero-order valence-electron chi connectivity index (χ0n) is 17.8. The lowest BCUT2D eigenvalue weighted by atomic mass is 10.1. The van der Waals surface area contributed by atoms with Gasteiger partial charge >= 0.3 is 5.97 Å². The zero-order chi connectivity index (χ0) is 22.5. The molecular weight excluding hydrogens is 404 g/mol. The van der Waals surface area contributed by atoms with Crippen LogP contribution in [0.1, 0.15) is 39.0 Å². The number of furan rings is 1. The number of aryl methyl sites for hydroxylation is 1. The quantitative estimate of drug-likeness (QED) is 0.151. The van der Waals surface area contributed by atoms with Crippen molar-refractivity contribution in [2.24, 2.45) is 0 Å². The van der Waals surface area contributed by atoms with E-state index in [0.29, 0.717) is 46.0 Å². The minimum Gasteiger partial charge on any atom is -0.494 e. The van der Waals surface area contributed by atoms with Crippen LogP contribution in [0.25, 0.3) is 17.0 Å². The number of allylic oxidation sites excluding steroid dienone is 1. The van der Waals surface area contributed by atoms with Gasteiger partial charge in [-0.1, -0.05) is 36.4 Å². The molecule has 0 fully saturated rings. The molecule has 0 spiro atoms. The topological polar surface area (TPSA) is 65.7 Å². The van der Waals surface area contributed by atoms with Gasteiger partial charge in [0.25, 0.3) is 0 Å². The molecule has 3 aromatic carbocycles. The van der Waals surface area contributed by atoms with Gasteiger partial charge in [-0.3, -0.25) is 4.79 Å². The lowest BCUT2D eigenvalue weighted by Gasteiger charge is -2.06. The zero-order valence-corrected chi connectivity index (χ0v) is 17.8. The molecule has 0 saturated heterocycles. The first-order valence-corrected chi connectivity index (χ1v) is 10.3. The van der Waals surface area contributed by atoms with Gasteiger partial charge in [-0.25, -0.2) is 4.79 Å². The third-order valence-corrected chi connectivity index (χ3v) is 4.93. The van der Waals surface area contributed by atoms with Gasteiger partial charge in [0.1, 0.15) is 28.4 Å². The van der Waals surface area contributed by atoms with Crippen molar-refractivity contribution >= 4 is 28.8 Å². The van der Waals surface area contributed by atoms with Crippen molar-refractivity contribution in [3.05, 3.63) is 101 Å². The number of fused-ring (bicyclic) bond motifs is 1. The Morgan fingerprint density at radius 1 is 0.938 bits per heavy atom. The summed E-state index contributed by atoms with van der Waals surface area (Å²) in [5, 5.41) is 0.635. The lowest BCUT2D eigenvalue weighted by Crippen LogP contribution is -2.09. The Bertz CT molecular complexity index is 1280. The molecule has 0 N–H and O–H groups in total. The normalized spacial score (nSPS) is 11.1. The number of benzene rings is 3. The van der Waals surface area contributed by atoms with Crippen LogP contribution in [0, 0.1) is 6.92 Å². The van der Waals surface area contributed by atoms with Crippen molar-refractivity contribution in [1.82, 2.24) is 0 Å². The second-order valence-corrected chi connectivity index (χ2v) is 7.15. The van der Waals surface area contributed by atoms with Crippen molar-refractivity contribution in [1.29, 1.82) is 0 Å². The molecule has 160 valence electrons. The molecule has 0 saturated carbocycles. The molecular formula is C27H22O5. The number of carbonyl (C=O) groups excluding carboxylic acids is 2. The highest BCUT2D eigenvalue weighted by atomic mass is 16.5. The fraction of sp³-hybridized carbons (Fsp3) is 0.111. The first-order valence-electron chi connectivity index (χ1n) is 10.3. The van der Waals surface area contributed by atoms with Crippen molar-refractivity contribution in [2.45, 2.75) is 13.8 Å². The standard InChI is InChI=1S/C27H22O5/c1-3-30-22-14-16-25-23(17-22)26(18(2)31-25)27(29)32-21-12-10-20(11-13-21)24(28)15-9-19-7-5-4-6-8-19/h4-17H,3H2,1-2H3/b15-9+. The van der Waals surface area contributed by atoms with Gasteiger partial charge in [0.15, 0.2) is 5.78 Å². The maximum Gasteiger partial charge on any atom is 0.347 e. The van der Waals surface area contributed by atoms with Crippen molar-refractivity contribution in [3.8, 4) is 11.5 Å². The van der Waals surface area contributed by atoms with E-state index >= 15 is 0 Å². The molecule has 4 rings (SSSR count). The maximum absolute atomic E-state index is 12.9. The van der Waals surface area contributed by atoms with Gasteiger partial charge in [0.2, 0.25) is 0 Å². The van der Waals surface area contributed by atoms with E-state index in [1.54, 1.807) is 55.5 Å². The van der Waals surface area contributed by atoms with Gasteiger partial charge in [0.05, 0.1) is 6.61 Å². The molecule has 0 aliphatic heterocycles. The van der Waals surface area contributed by atoms with E-state index in [2.05, 4.69) is 0 Å². The van der Waals surface area contributed by atoms with E-state index in [9.17, 15) is 9.59 Å². The molecule has 0 amide bonds. The van der Waals surface area contributed by atoms with Crippen LogP contribution in [-0.4, -0.2) is 18.4 Å². The van der Waals surface area contributed by atoms with Gasteiger partial charge < -0.3 is 13.9 Å². The Morgan fingerprint density at radius 2 is 1.66 bits per heavy atom. The van der Waals surface area contributed by atoms with Crippen molar-refractivity contribution in [2.75, 3.05) is 6.61 Å². The first kappa shape index (κ1) is 21.1. The van der Waals surface area contributed by atoms with Gasteiger partial charge in [-0.15, -0.1) is 0 Å². The summed E-state index contributed by atoms with van der Waals surface area (Å²) in [6.45, 7) is 4.14. The fourth-order valence-electron chi connectivity index (χ4n) is 3.39. The Kier molecular flexibility index (Phi) is 6.17. The molecule has 1 aromatic heterocycles. The summed E-state index contributed by atoms with van der Waals surface area (Å²) in [6, 6.07) is 21.4. The summed E-state index contributed by atoms with van der Waals surface area (Å²) < 4.78 is 16.8. The Morgan fingerprint density at radius 3 is 2.38 bits per heavy atom. The fourth-order valence-corrected chi connectivity index (χ4v) is 3.39. The number of hydrogen-bond acceptors (Lipinski definition) is 5. The number of esters is 1. The molecule has 0 unspecified atom stereocenters. The second kappa shape index (κ2) is 9.35. The summed E-state index contributed by atoms with van der Waals surface area (Å²) in [5.41, 5.74) is 2.39. The molecule has 5 nitrogen and oxygen atoms in total. The monoisotopic (exact) mass is 426 g/mol. The molecule has 5 heteroatoms. The molecule has 4 aromatic rings. The molecule has 0 aliphatic rings. The minimum atomic E-state index is -0.530. The highest BCUT2D eigenvalue weighted by Crippen LogP contribution is 2.30. The van der Waals surface area contributed by atoms with Crippen LogP contribution in [0.5, 0.6) is 11.5 Å². The predicted octanol–water partition coefficient (Wildman–Crippen LogP) is 6.26. The molecule has 0 bridgehead atoms. The number of rotatable bonds is 7. The van der Waals surface area contributed by atoms with E-state index in [1.165, 1.54) is 6.08 Å². The summed E-state index contributed by atoms with van der Waals surface area (Å²) in [6.07, 6.45) is 3.28. The highest BCUT2D eigenvalue weighted by molar-refractivity contribution is 6.07. The lowest BCUT2D eigenvalue weighted by molar-refractivity contribution is 0.0734. The van der Waals surface area contributed by atoms with Crippen LogP contribution in [0.4, 0.5) is 0 Å². The smallest absolute Gasteiger partial charge is 0.347 e. The highest BCUT2D eigenvalue weighted by Gasteiger charge is 2.21. The SMILES string of the molecule is CCOc1ccc2oc(C)c(C(=O)Oc3ccc(C(=O)/C=C/c4ccccc4)cc3)c2c1. The average molecular weight is 426 g/mol. The van der Waals surface area contributed by atoms with Crippen LogP contribution in [0.2, 0.25) is 0 Å². The molecule has 0 atom stereocenters. The van der Waals surface area contributed by atoms with E-state index in [1.807, 2.05) is 37.3 Å². The average Bonchev–Trinajstić information content (AvgIpc) is 3.14. The number of ketones is 1. The Balaban J connectivity index is 1.49. The minimum absolute atomic E-state index is 0.133. The van der Waals surface area contributed by atoms with Crippen LogP contribution < -0.4 is 9.47 Å². The molecule has 0 radical (unpaired) electrons. The number of ether oxygens (including phenoxy) is 2. The van der Waals surface area contributed by atoms with E-state index in [-0.39, 0.29) is 5.78 Å². The van der Waals surface area contributed by atoms with Crippen LogP contribution in [0.3, 0.4) is 0 Å². The summed E-state index contributed by atoms with van der Waals surface area (Å²) in [5.74, 6) is 0.802. The van der Waals surface area contributed by atoms with E-state index in [4.69, 9.17) is 13.9 Å². The van der Waals surface area contributed by atoms with Gasteiger partial charge in [-0.05, 0) is 68.0 Å². The number of hydrogen-bond donors (Lipinski definition) is 0.